The van der Waals surface area contributed by atoms with Crippen LogP contribution in [0.15, 0.2) is 47.3 Å². The number of nitrogens with one attached hydrogen (secondary N) is 1. The summed E-state index contributed by atoms with van der Waals surface area (Å²) in [6, 6.07) is 4.45. The van der Waals surface area contributed by atoms with Crippen molar-refractivity contribution in [3.63, 3.8) is 0 Å². The van der Waals surface area contributed by atoms with Crippen molar-refractivity contribution in [2.75, 3.05) is 5.32 Å². The molecule has 20 heavy (non-hydrogen) atoms. The predicted molar refractivity (Wildman–Crippen MR) is 79.8 cm³/mol. The van der Waals surface area contributed by atoms with E-state index in [-0.39, 0.29) is 6.61 Å². The summed E-state index contributed by atoms with van der Waals surface area (Å²) in [6.07, 6.45) is 8.02. The van der Waals surface area contributed by atoms with Crippen LogP contribution in [0.1, 0.15) is 12.0 Å². The first kappa shape index (κ1) is 14.1. The number of allylic oxidation sites excluding steroid dienone is 2. The third-order valence-corrected chi connectivity index (χ3v) is 2.91. The van der Waals surface area contributed by atoms with Gasteiger partial charge in [-0.2, -0.15) is 0 Å². The molecule has 0 bridgehead atoms. The number of nitrogens with zero attached hydrogens (tertiary/aromatic N) is 1. The number of anilines is 1. The van der Waals surface area contributed by atoms with Crippen molar-refractivity contribution in [3.05, 3.63) is 52.9 Å². The lowest BCUT2D eigenvalue weighted by atomic mass is 10.2. The Morgan fingerprint density at radius 3 is 3.15 bits per heavy atom. The van der Waals surface area contributed by atoms with Crippen molar-refractivity contribution in [2.45, 2.75) is 13.0 Å². The number of hydrogen-bond acceptors (Lipinski definition) is 3. The van der Waals surface area contributed by atoms with Crippen LogP contribution in [-0.4, -0.2) is 12.2 Å². The number of carbonyl (C=O) groups is 1. The van der Waals surface area contributed by atoms with Gasteiger partial charge in [0.25, 0.3) is 0 Å². The highest BCUT2D eigenvalue weighted by molar-refractivity contribution is 6.31. The van der Waals surface area contributed by atoms with Gasteiger partial charge in [0, 0.05) is 28.9 Å². The van der Waals surface area contributed by atoms with Gasteiger partial charge in [-0.15, -0.1) is 0 Å². The zero-order valence-corrected chi connectivity index (χ0v) is 11.4. The lowest BCUT2D eigenvalue weighted by molar-refractivity contribution is 0.210. The fourth-order valence-electron chi connectivity index (χ4n) is 1.63. The molecule has 0 spiro atoms. The molecule has 0 radical (unpaired) electrons. The maximum atomic E-state index is 10.8. The molecule has 1 aliphatic rings. The first-order valence-corrected chi connectivity index (χ1v) is 6.39. The van der Waals surface area contributed by atoms with Crippen molar-refractivity contribution in [3.8, 4) is 0 Å². The smallest absolute Gasteiger partial charge is 0.316 e. The molecule has 0 fully saturated rings. The van der Waals surface area contributed by atoms with Crippen LogP contribution in [0.4, 0.5) is 10.5 Å². The average molecular weight is 292 g/mol. The number of nitrogens with two attached hydrogens (primary N) is 1. The Morgan fingerprint density at radius 2 is 2.35 bits per heavy atom. The van der Waals surface area contributed by atoms with Crippen LogP contribution >= 0.6 is 11.6 Å². The largest absolute Gasteiger partial charge is 0.487 e. The molecule has 2 rings (SSSR count). The highest BCUT2D eigenvalue weighted by atomic mass is 35.5. The van der Waals surface area contributed by atoms with Crippen LogP contribution in [-0.2, 0) is 11.3 Å². The fourth-order valence-corrected chi connectivity index (χ4v) is 1.80. The highest BCUT2D eigenvalue weighted by Crippen LogP contribution is 2.22. The topological polar surface area (TPSA) is 76.7 Å². The summed E-state index contributed by atoms with van der Waals surface area (Å²) in [5, 5.41) is 3.05. The van der Waals surface area contributed by atoms with E-state index < -0.39 is 6.03 Å². The normalized spacial score (nSPS) is 13.6. The standard InChI is InChI=1S/C14H14ClN3O2/c15-13-5-4-11(18-14(16)19)7-10(13)9-20-12-3-1-2-6-17-8-12/h1,3-8H,2,9H2,(H3,16,18,19). The molecular weight excluding hydrogens is 278 g/mol. The number of benzene rings is 1. The Balaban J connectivity index is 2.06. The maximum absolute atomic E-state index is 10.8. The second kappa shape index (κ2) is 6.77. The third-order valence-electron chi connectivity index (χ3n) is 2.54. The molecule has 0 saturated carbocycles. The Labute approximate surface area is 121 Å². The first-order chi connectivity index (χ1) is 9.65. The molecule has 1 aromatic carbocycles. The van der Waals surface area contributed by atoms with E-state index in [0.717, 1.165) is 12.0 Å². The van der Waals surface area contributed by atoms with Crippen LogP contribution in [0.2, 0.25) is 5.02 Å². The Hall–Kier alpha value is -2.27. The van der Waals surface area contributed by atoms with E-state index >= 15 is 0 Å². The Bertz CT molecular complexity index is 594. The molecule has 1 aromatic rings. The molecule has 3 N–H and O–H groups in total. The van der Waals surface area contributed by atoms with Crippen LogP contribution in [0.25, 0.3) is 0 Å². The molecule has 0 unspecified atom stereocenters. The van der Waals surface area contributed by atoms with E-state index in [1.807, 2.05) is 12.2 Å². The summed E-state index contributed by atoms with van der Waals surface area (Å²) in [5.74, 6) is 0.656. The average Bonchev–Trinajstić information content (AvgIpc) is 2.67. The quantitative estimate of drug-likeness (QED) is 0.893. The number of primary amides is 1. The van der Waals surface area contributed by atoms with Gasteiger partial charge in [0.2, 0.25) is 0 Å². The van der Waals surface area contributed by atoms with Crippen LogP contribution in [0.3, 0.4) is 0 Å². The van der Waals surface area contributed by atoms with Gasteiger partial charge >= 0.3 is 6.03 Å². The molecule has 0 aromatic heterocycles. The van der Waals surface area contributed by atoms with Crippen LogP contribution in [0.5, 0.6) is 0 Å². The van der Waals surface area contributed by atoms with Crippen molar-refractivity contribution in [1.82, 2.24) is 0 Å². The molecule has 5 nitrogen and oxygen atoms in total. The minimum absolute atomic E-state index is 0.277. The summed E-state index contributed by atoms with van der Waals surface area (Å²) < 4.78 is 5.62. The van der Waals surface area contributed by atoms with E-state index in [1.165, 1.54) is 0 Å². The number of amides is 2. The predicted octanol–water partition coefficient (Wildman–Crippen LogP) is 3.22. The van der Waals surface area contributed by atoms with Gasteiger partial charge < -0.3 is 15.8 Å². The van der Waals surface area contributed by atoms with E-state index in [9.17, 15) is 4.79 Å². The number of rotatable bonds is 4. The summed E-state index contributed by atoms with van der Waals surface area (Å²) in [4.78, 5) is 14.9. The lowest BCUT2D eigenvalue weighted by Crippen LogP contribution is -2.19. The van der Waals surface area contributed by atoms with Gasteiger partial charge in [-0.3, -0.25) is 4.99 Å². The third kappa shape index (κ3) is 4.13. The number of halogens is 1. The Morgan fingerprint density at radius 1 is 1.50 bits per heavy atom. The van der Waals surface area contributed by atoms with Gasteiger partial charge in [0.05, 0.1) is 6.20 Å². The summed E-state index contributed by atoms with van der Waals surface area (Å²) in [5.41, 5.74) is 6.40. The molecule has 2 amide bonds. The van der Waals surface area contributed by atoms with E-state index in [2.05, 4.69) is 10.3 Å². The van der Waals surface area contributed by atoms with E-state index in [4.69, 9.17) is 22.1 Å². The van der Waals surface area contributed by atoms with Gasteiger partial charge in [0.15, 0.2) is 0 Å². The second-order valence-electron chi connectivity index (χ2n) is 4.09. The molecule has 0 saturated heterocycles. The minimum atomic E-state index is -0.622. The van der Waals surface area contributed by atoms with Crippen molar-refractivity contribution >= 4 is 29.5 Å². The zero-order chi connectivity index (χ0) is 14.4. The lowest BCUT2D eigenvalue weighted by Gasteiger charge is -2.10. The molecule has 0 aliphatic carbocycles. The van der Waals surface area contributed by atoms with Crippen molar-refractivity contribution in [2.24, 2.45) is 10.7 Å². The van der Waals surface area contributed by atoms with Crippen LogP contribution < -0.4 is 11.1 Å². The summed E-state index contributed by atoms with van der Waals surface area (Å²) >= 11 is 6.09. The molecule has 1 heterocycles. The zero-order valence-electron chi connectivity index (χ0n) is 10.7. The van der Waals surface area contributed by atoms with Crippen molar-refractivity contribution in [1.29, 1.82) is 0 Å². The number of hydrogen-bond donors (Lipinski definition) is 2. The molecule has 6 heteroatoms. The molecule has 0 atom stereocenters. The van der Waals surface area contributed by atoms with Crippen LogP contribution in [0, 0.1) is 0 Å². The molecule has 1 aliphatic heterocycles. The SMILES string of the molecule is NC(=O)Nc1ccc(Cl)c(COC2=CN=CCC=C2)c1. The number of aliphatic imine (C=N–C) groups is 1. The second-order valence-corrected chi connectivity index (χ2v) is 4.49. The van der Waals surface area contributed by atoms with Gasteiger partial charge in [0.1, 0.15) is 12.4 Å². The van der Waals surface area contributed by atoms with E-state index in [0.29, 0.717) is 16.5 Å². The van der Waals surface area contributed by atoms with Gasteiger partial charge in [-0.25, -0.2) is 4.79 Å². The molecule has 104 valence electrons. The summed E-state index contributed by atoms with van der Waals surface area (Å²) in [6.45, 7) is 0.277. The summed E-state index contributed by atoms with van der Waals surface area (Å²) in [7, 11) is 0. The number of urea groups is 1. The van der Waals surface area contributed by atoms with Gasteiger partial charge in [-0.1, -0.05) is 17.7 Å². The highest BCUT2D eigenvalue weighted by Gasteiger charge is 2.05. The Kier molecular flexibility index (Phi) is 4.79. The fraction of sp³-hybridized carbons (Fsp3) is 0.143. The number of ether oxygens (including phenoxy) is 1. The monoisotopic (exact) mass is 291 g/mol. The minimum Gasteiger partial charge on any atom is -0.487 e. The first-order valence-electron chi connectivity index (χ1n) is 6.01. The van der Waals surface area contributed by atoms with Crippen molar-refractivity contribution < 1.29 is 9.53 Å². The van der Waals surface area contributed by atoms with Gasteiger partial charge in [-0.05, 0) is 24.3 Å². The molecular formula is C14H14ClN3O2. The number of carbonyl (C=O) groups excluding carboxylic acids is 1. The maximum Gasteiger partial charge on any atom is 0.316 e. The van der Waals surface area contributed by atoms with E-state index in [1.54, 1.807) is 30.6 Å².